The van der Waals surface area contributed by atoms with Gasteiger partial charge in [-0.3, -0.25) is 9.97 Å². The summed E-state index contributed by atoms with van der Waals surface area (Å²) in [6.07, 6.45) is 4.95. The molecule has 19 heteroatoms. The summed E-state index contributed by atoms with van der Waals surface area (Å²) in [6.45, 7) is 28.8. The van der Waals surface area contributed by atoms with E-state index in [0.717, 1.165) is 43.1 Å². The van der Waals surface area contributed by atoms with E-state index in [9.17, 15) is 14.7 Å². The van der Waals surface area contributed by atoms with Crippen LogP contribution in [0.1, 0.15) is 77.9 Å². The van der Waals surface area contributed by atoms with Crippen LogP contribution in [0.5, 0.6) is 29.1 Å². The van der Waals surface area contributed by atoms with E-state index >= 15 is 0 Å². The van der Waals surface area contributed by atoms with Gasteiger partial charge in [-0.1, -0.05) is 39.3 Å². The molecule has 0 saturated carbocycles. The molecule has 8 rings (SSSR count). The first-order valence-electron chi connectivity index (χ1n) is 23.5. The third-order valence-electron chi connectivity index (χ3n) is 13.0. The number of hydrogen-bond acceptors (Lipinski definition) is 16. The van der Waals surface area contributed by atoms with Crippen LogP contribution in [-0.2, 0) is 9.47 Å². The summed E-state index contributed by atoms with van der Waals surface area (Å²) >= 11 is 5.87. The smallest absolute Gasteiger partial charge is 0.410 e. The van der Waals surface area contributed by atoms with Crippen molar-refractivity contribution in [3.05, 3.63) is 77.0 Å². The molecule has 4 bridgehead atoms. The van der Waals surface area contributed by atoms with Crippen molar-refractivity contribution in [2.45, 2.75) is 108 Å². The number of aryl methyl sites for hydroxylation is 2. The van der Waals surface area contributed by atoms with Crippen LogP contribution >= 0.6 is 11.6 Å². The van der Waals surface area contributed by atoms with Gasteiger partial charge in [0.15, 0.2) is 11.5 Å². The molecule has 4 aliphatic heterocycles. The summed E-state index contributed by atoms with van der Waals surface area (Å²) in [4.78, 5) is 58.1. The van der Waals surface area contributed by atoms with Gasteiger partial charge in [0, 0.05) is 92.0 Å². The Bertz CT molecular complexity index is 2410. The molecule has 0 aliphatic carbocycles. The third kappa shape index (κ3) is 12.3. The molecule has 2 amide bonds. The maximum Gasteiger partial charge on any atom is 0.410 e. The van der Waals surface area contributed by atoms with Gasteiger partial charge in [0.05, 0.1) is 35.3 Å². The maximum absolute atomic E-state index is 12.8. The van der Waals surface area contributed by atoms with Crippen LogP contribution < -0.4 is 14.2 Å². The molecule has 8 heterocycles. The number of aliphatic hydroxyl groups is 1. The minimum Gasteiger partial charge on any atom is -0.473 e. The van der Waals surface area contributed by atoms with Crippen LogP contribution in [0, 0.1) is 49.4 Å². The highest BCUT2D eigenvalue weighted by atomic mass is 35.5. The van der Waals surface area contributed by atoms with Gasteiger partial charge >= 0.3 is 12.2 Å². The number of aromatic nitrogens is 6. The Morgan fingerprint density at radius 3 is 1.43 bits per heavy atom. The van der Waals surface area contributed by atoms with E-state index in [4.69, 9.17) is 35.3 Å². The summed E-state index contributed by atoms with van der Waals surface area (Å²) in [5.74, 6) is 2.70. The molecule has 0 radical (unpaired) electrons. The zero-order valence-corrected chi connectivity index (χ0v) is 43.5. The second kappa shape index (κ2) is 21.3. The molecule has 1 N–H and O–H groups in total. The number of piperidine rings is 4. The number of carbonyl (C=O) groups is 2. The second-order valence-electron chi connectivity index (χ2n) is 21.0. The van der Waals surface area contributed by atoms with Crippen molar-refractivity contribution in [1.82, 2.24) is 49.5 Å². The lowest BCUT2D eigenvalue weighted by molar-refractivity contribution is -0.164. The Labute approximate surface area is 412 Å². The molecule has 4 atom stereocenters. The number of aliphatic hydroxyl groups excluding tert-OH is 1. The molecule has 4 saturated heterocycles. The number of ether oxygens (including phenoxy) is 5. The van der Waals surface area contributed by atoms with E-state index in [1.165, 1.54) is 12.7 Å². The predicted molar refractivity (Wildman–Crippen MR) is 261 cm³/mol. The molecule has 376 valence electrons. The molecule has 4 aromatic heterocycles. The number of amides is 2. The van der Waals surface area contributed by atoms with Gasteiger partial charge in [-0.15, -0.1) is 0 Å². The first kappa shape index (κ1) is 52.9. The Balaban J connectivity index is 0.000000188. The Morgan fingerprint density at radius 2 is 1.00 bits per heavy atom. The lowest BCUT2D eigenvalue weighted by Crippen LogP contribution is -2.71. The Hall–Kier alpha value is -5.43. The molecule has 0 aromatic carbocycles. The third-order valence-corrected chi connectivity index (χ3v) is 13.4. The van der Waals surface area contributed by atoms with Crippen molar-refractivity contribution >= 4 is 23.8 Å². The normalized spacial score (nSPS) is 26.5. The van der Waals surface area contributed by atoms with Crippen LogP contribution in [0.2, 0.25) is 5.15 Å². The summed E-state index contributed by atoms with van der Waals surface area (Å²) in [7, 11) is 4.19. The van der Waals surface area contributed by atoms with Gasteiger partial charge in [0.25, 0.3) is 0 Å². The Morgan fingerprint density at radius 1 is 0.609 bits per heavy atom. The lowest BCUT2D eigenvalue weighted by Gasteiger charge is -2.60. The van der Waals surface area contributed by atoms with Crippen molar-refractivity contribution in [2.24, 2.45) is 21.7 Å². The molecule has 69 heavy (non-hydrogen) atoms. The van der Waals surface area contributed by atoms with Gasteiger partial charge in [0.2, 0.25) is 17.6 Å². The highest BCUT2D eigenvalue weighted by Crippen LogP contribution is 2.48. The number of fused-ring (bicyclic) bond motifs is 4. The zero-order chi connectivity index (χ0) is 50.6. The van der Waals surface area contributed by atoms with Crippen molar-refractivity contribution < 1.29 is 38.4 Å². The molecule has 0 spiro atoms. The number of rotatable bonds is 8. The van der Waals surface area contributed by atoms with Crippen molar-refractivity contribution in [1.29, 1.82) is 0 Å². The first-order chi connectivity index (χ1) is 32.3. The van der Waals surface area contributed by atoms with Gasteiger partial charge in [0.1, 0.15) is 23.9 Å². The van der Waals surface area contributed by atoms with E-state index in [2.05, 4.69) is 81.5 Å². The zero-order valence-electron chi connectivity index (χ0n) is 42.7. The first-order valence-corrected chi connectivity index (χ1v) is 23.8. The van der Waals surface area contributed by atoms with E-state index in [-0.39, 0.29) is 58.3 Å². The van der Waals surface area contributed by atoms with Crippen LogP contribution in [0.25, 0.3) is 0 Å². The fourth-order valence-corrected chi connectivity index (χ4v) is 10.8. The molecular weight excluding hydrogens is 904 g/mol. The summed E-state index contributed by atoms with van der Waals surface area (Å²) < 4.78 is 29.2. The molecule has 4 unspecified atom stereocenters. The fourth-order valence-electron chi connectivity index (χ4n) is 10.7. The van der Waals surface area contributed by atoms with Crippen molar-refractivity contribution in [2.75, 3.05) is 66.5 Å². The van der Waals surface area contributed by atoms with Crippen LogP contribution in [0.4, 0.5) is 9.59 Å². The number of likely N-dealkylation sites (tertiary alicyclic amines) is 4. The highest BCUT2D eigenvalue weighted by Gasteiger charge is 2.59. The van der Waals surface area contributed by atoms with Gasteiger partial charge in [-0.25, -0.2) is 29.5 Å². The summed E-state index contributed by atoms with van der Waals surface area (Å²) in [6, 6.07) is 7.32. The van der Waals surface area contributed by atoms with E-state index in [0.29, 0.717) is 66.0 Å². The number of pyridine rings is 2. The van der Waals surface area contributed by atoms with Crippen LogP contribution in [0.15, 0.2) is 49.3 Å². The van der Waals surface area contributed by atoms with Gasteiger partial charge in [-0.05, 0) is 93.8 Å². The summed E-state index contributed by atoms with van der Waals surface area (Å²) in [5.41, 5.74) is 1.84. The topological polar surface area (TPSA) is 191 Å². The monoisotopic (exact) mass is 975 g/mol. The van der Waals surface area contributed by atoms with Crippen LogP contribution in [0.3, 0.4) is 0 Å². The largest absolute Gasteiger partial charge is 0.473 e. The molecule has 4 aromatic rings. The second-order valence-corrected chi connectivity index (χ2v) is 21.4. The molecule has 18 nitrogen and oxygen atoms in total. The van der Waals surface area contributed by atoms with E-state index in [1.54, 1.807) is 23.4 Å². The predicted octanol–water partition coefficient (Wildman–Crippen LogP) is 7.95. The highest BCUT2D eigenvalue weighted by molar-refractivity contribution is 6.30. The molecular formula is C50H71ClN10O8. The lowest BCUT2D eigenvalue weighted by atomic mass is 9.63. The maximum atomic E-state index is 12.8. The van der Waals surface area contributed by atoms with E-state index < -0.39 is 0 Å². The van der Waals surface area contributed by atoms with Crippen molar-refractivity contribution in [3.8, 4) is 29.1 Å². The average Bonchev–Trinajstić information content (AvgIpc) is 3.24. The number of nitrogens with zero attached hydrogens (tertiary/aromatic N) is 10. The van der Waals surface area contributed by atoms with Crippen molar-refractivity contribution in [3.63, 3.8) is 0 Å². The van der Waals surface area contributed by atoms with Gasteiger partial charge in [-0.2, -0.15) is 0 Å². The number of hydrogen-bond donors (Lipinski definition) is 1. The minimum atomic E-state index is -0.376. The standard InChI is InChI=1S/C25H35N5O4.C14H26N2O3.C11H10ClN3O/c1-16(2)32-23(31)30-13-24(5)11-29(7)12-25(6,14-30)22(24)34-21-17(3)20(27-15-28-21)33-19-9-8-10-26-18(19)4;1-10(2)19-12(18)16-8-13(3)6-15(5)7-14(4,9-16)11(13)17;1-7-10(12)14-6-15-11(7)16-9-4-3-5-13-8(9)2/h8-10,15-16,22H,11-14H2,1-7H3;10-11,17H,6-9H2,1-5H3;3-6H,1-2H3. The van der Waals surface area contributed by atoms with Gasteiger partial charge < -0.3 is 48.4 Å². The minimum absolute atomic E-state index is 0.109. The summed E-state index contributed by atoms with van der Waals surface area (Å²) in [5, 5.41) is 11.0. The number of carbonyl (C=O) groups excluding carboxylic acids is 2. The average molecular weight is 976 g/mol. The fraction of sp³-hybridized carbons (Fsp3) is 0.600. The SMILES string of the molecule is CC(C)OC(=O)N1CC2(C)CN(C)CC(C)(C1)C2O.Cc1ncccc1Oc1ncnc(Cl)c1C.Cc1ncccc1Oc1ncnc(OC2C3(C)CN(C)CC2(C)CN(C(=O)OC(C)C)C3)c1C. The molecule has 4 fully saturated rings. The number of halogens is 1. The van der Waals surface area contributed by atoms with Crippen LogP contribution in [-0.4, -0.2) is 158 Å². The quantitative estimate of drug-likeness (QED) is 0.167. The Kier molecular flexibility index (Phi) is 16.3. The molecule has 4 aliphatic rings. The van der Waals surface area contributed by atoms with E-state index in [1.807, 2.05) is 78.5 Å².